The molecule has 0 aromatic heterocycles. The van der Waals surface area contributed by atoms with Crippen LogP contribution in [0.3, 0.4) is 0 Å². The van der Waals surface area contributed by atoms with Crippen molar-refractivity contribution in [2.24, 2.45) is 0 Å². The predicted molar refractivity (Wildman–Crippen MR) is 90.3 cm³/mol. The number of anilines is 1. The maximum absolute atomic E-state index is 13.4. The fourth-order valence-corrected chi connectivity index (χ4v) is 3.95. The number of hydrogen-bond donors (Lipinski definition) is 1. The van der Waals surface area contributed by atoms with Crippen LogP contribution in [-0.4, -0.2) is 12.6 Å². The predicted octanol–water partition coefficient (Wildman–Crippen LogP) is 4.12. The minimum Gasteiger partial charge on any atom is -0.454 e. The van der Waals surface area contributed by atoms with Crippen molar-refractivity contribution in [3.05, 3.63) is 64.6 Å². The lowest BCUT2D eigenvalue weighted by atomic mass is 9.75. The van der Waals surface area contributed by atoms with E-state index in [0.29, 0.717) is 17.9 Å². The smallest absolute Gasteiger partial charge is 0.231 e. The third-order valence-corrected chi connectivity index (χ3v) is 5.09. The molecule has 0 spiro atoms. The highest BCUT2D eigenvalue weighted by Gasteiger charge is 2.36. The number of ether oxygens (including phenoxy) is 2. The SMILES string of the molecule is O=C1CCCC2=C1[C@H](c1ccc(F)cc1)c1cc3c(cc1N2)OCO3. The molecule has 1 atom stereocenters. The molecule has 0 fully saturated rings. The second kappa shape index (κ2) is 5.34. The molecule has 5 rings (SSSR count). The minimum atomic E-state index is -0.284. The van der Waals surface area contributed by atoms with Crippen molar-refractivity contribution in [1.82, 2.24) is 0 Å². The molecule has 0 radical (unpaired) electrons. The quantitative estimate of drug-likeness (QED) is 0.850. The molecule has 2 aromatic carbocycles. The summed E-state index contributed by atoms with van der Waals surface area (Å²) in [6.07, 6.45) is 2.24. The average molecular weight is 337 g/mol. The molecule has 2 aliphatic heterocycles. The van der Waals surface area contributed by atoms with Gasteiger partial charge in [0.05, 0.1) is 0 Å². The lowest BCUT2D eigenvalue weighted by Gasteiger charge is -2.34. The Morgan fingerprint density at radius 3 is 2.60 bits per heavy atom. The number of nitrogens with one attached hydrogen (secondary N) is 1. The van der Waals surface area contributed by atoms with Gasteiger partial charge >= 0.3 is 0 Å². The molecule has 2 aromatic rings. The molecule has 0 saturated heterocycles. The average Bonchev–Trinajstić information content (AvgIpc) is 3.06. The van der Waals surface area contributed by atoms with Gasteiger partial charge in [0.15, 0.2) is 17.3 Å². The Bertz CT molecular complexity index is 917. The molecule has 0 saturated carbocycles. The third-order valence-electron chi connectivity index (χ3n) is 5.09. The number of carbonyl (C=O) groups is 1. The Hall–Kier alpha value is -2.82. The lowest BCUT2D eigenvalue weighted by molar-refractivity contribution is -0.116. The van der Waals surface area contributed by atoms with E-state index in [1.54, 1.807) is 12.1 Å². The number of halogens is 1. The van der Waals surface area contributed by atoms with Gasteiger partial charge < -0.3 is 14.8 Å². The normalized spacial score (nSPS) is 20.8. The van der Waals surface area contributed by atoms with Crippen molar-refractivity contribution >= 4 is 11.5 Å². The lowest BCUT2D eigenvalue weighted by Crippen LogP contribution is -2.26. The van der Waals surface area contributed by atoms with E-state index >= 15 is 0 Å². The summed E-state index contributed by atoms with van der Waals surface area (Å²) in [7, 11) is 0. The first-order valence-corrected chi connectivity index (χ1v) is 8.43. The number of hydrogen-bond acceptors (Lipinski definition) is 4. The Labute approximate surface area is 144 Å². The molecule has 1 N–H and O–H groups in total. The maximum atomic E-state index is 13.4. The van der Waals surface area contributed by atoms with Crippen LogP contribution in [0.15, 0.2) is 47.7 Å². The second-order valence-corrected chi connectivity index (χ2v) is 6.57. The van der Waals surface area contributed by atoms with E-state index < -0.39 is 0 Å². The van der Waals surface area contributed by atoms with Gasteiger partial charge in [0.1, 0.15) is 5.82 Å². The van der Waals surface area contributed by atoms with Gasteiger partial charge in [-0.3, -0.25) is 4.79 Å². The van der Waals surface area contributed by atoms with E-state index in [9.17, 15) is 9.18 Å². The molecular formula is C20H16FNO3. The van der Waals surface area contributed by atoms with E-state index in [2.05, 4.69) is 5.32 Å². The van der Waals surface area contributed by atoms with Gasteiger partial charge in [-0.1, -0.05) is 12.1 Å². The summed E-state index contributed by atoms with van der Waals surface area (Å²) in [6, 6.07) is 10.3. The highest BCUT2D eigenvalue weighted by molar-refractivity contribution is 6.01. The summed E-state index contributed by atoms with van der Waals surface area (Å²) >= 11 is 0. The summed E-state index contributed by atoms with van der Waals surface area (Å²) in [5.41, 5.74) is 4.56. The van der Waals surface area contributed by atoms with E-state index in [-0.39, 0.29) is 24.3 Å². The van der Waals surface area contributed by atoms with Crippen molar-refractivity contribution in [2.45, 2.75) is 25.2 Å². The van der Waals surface area contributed by atoms with Crippen molar-refractivity contribution in [2.75, 3.05) is 12.1 Å². The first-order chi connectivity index (χ1) is 12.2. The number of ketones is 1. The van der Waals surface area contributed by atoms with Gasteiger partial charge in [0.2, 0.25) is 6.79 Å². The molecule has 4 nitrogen and oxygen atoms in total. The minimum absolute atomic E-state index is 0.159. The van der Waals surface area contributed by atoms with E-state index in [1.165, 1.54) is 12.1 Å². The Balaban J connectivity index is 1.73. The number of carbonyl (C=O) groups excluding carboxylic acids is 1. The van der Waals surface area contributed by atoms with Gasteiger partial charge in [0.25, 0.3) is 0 Å². The first kappa shape index (κ1) is 14.5. The van der Waals surface area contributed by atoms with Crippen LogP contribution in [0.5, 0.6) is 11.5 Å². The van der Waals surface area contributed by atoms with E-state index in [4.69, 9.17) is 9.47 Å². The number of Topliss-reactive ketones (excluding diaryl/α,β-unsaturated/α-hetero) is 1. The van der Waals surface area contributed by atoms with Crippen LogP contribution >= 0.6 is 0 Å². The highest BCUT2D eigenvalue weighted by atomic mass is 19.1. The summed E-state index contributed by atoms with van der Waals surface area (Å²) in [5.74, 6) is 1.04. The van der Waals surface area contributed by atoms with E-state index in [0.717, 1.165) is 40.9 Å². The molecule has 5 heteroatoms. The van der Waals surface area contributed by atoms with Crippen LogP contribution in [0.2, 0.25) is 0 Å². The zero-order chi connectivity index (χ0) is 17.0. The molecular weight excluding hydrogens is 321 g/mol. The summed E-state index contributed by atoms with van der Waals surface area (Å²) in [4.78, 5) is 12.7. The molecule has 0 bridgehead atoms. The van der Waals surface area contributed by atoms with Crippen molar-refractivity contribution in [1.29, 1.82) is 0 Å². The van der Waals surface area contributed by atoms with E-state index in [1.807, 2.05) is 12.1 Å². The number of benzene rings is 2. The standard InChI is InChI=1S/C20H16FNO3/c21-12-6-4-11(5-7-12)19-13-8-17-18(25-10-24-17)9-15(13)22-14-2-1-3-16(23)20(14)19/h4-9,19,22H,1-3,10H2/t19-/m1/s1. The van der Waals surface area contributed by atoms with Crippen LogP contribution < -0.4 is 14.8 Å². The van der Waals surface area contributed by atoms with Gasteiger partial charge in [-0.05, 0) is 42.2 Å². The van der Waals surface area contributed by atoms with Crippen LogP contribution in [-0.2, 0) is 4.79 Å². The summed E-state index contributed by atoms with van der Waals surface area (Å²) < 4.78 is 24.4. The topological polar surface area (TPSA) is 47.6 Å². The first-order valence-electron chi connectivity index (χ1n) is 8.43. The van der Waals surface area contributed by atoms with Crippen molar-refractivity contribution < 1.29 is 18.7 Å². The second-order valence-electron chi connectivity index (χ2n) is 6.57. The number of fused-ring (bicyclic) bond motifs is 2. The van der Waals surface area contributed by atoms with Gasteiger partial charge in [-0.25, -0.2) is 4.39 Å². The molecule has 1 aliphatic carbocycles. The maximum Gasteiger partial charge on any atom is 0.231 e. The largest absolute Gasteiger partial charge is 0.454 e. The molecule has 0 unspecified atom stereocenters. The van der Waals surface area contributed by atoms with Gasteiger partial charge in [-0.15, -0.1) is 0 Å². The third kappa shape index (κ3) is 2.22. The monoisotopic (exact) mass is 337 g/mol. The summed E-state index contributed by atoms with van der Waals surface area (Å²) in [6.45, 7) is 0.200. The highest BCUT2D eigenvalue weighted by Crippen LogP contribution is 2.49. The zero-order valence-corrected chi connectivity index (χ0v) is 13.5. The Morgan fingerprint density at radius 2 is 1.80 bits per heavy atom. The Morgan fingerprint density at radius 1 is 1.04 bits per heavy atom. The van der Waals surface area contributed by atoms with Crippen molar-refractivity contribution in [3.8, 4) is 11.5 Å². The zero-order valence-electron chi connectivity index (χ0n) is 13.5. The molecule has 25 heavy (non-hydrogen) atoms. The van der Waals surface area contributed by atoms with Crippen LogP contribution in [0.25, 0.3) is 0 Å². The molecule has 0 amide bonds. The number of rotatable bonds is 1. The fraction of sp³-hybridized carbons (Fsp3) is 0.250. The number of allylic oxidation sites excluding steroid dienone is 2. The molecule has 3 aliphatic rings. The van der Waals surface area contributed by atoms with Gasteiger partial charge in [-0.2, -0.15) is 0 Å². The van der Waals surface area contributed by atoms with Crippen molar-refractivity contribution in [3.63, 3.8) is 0 Å². The fourth-order valence-electron chi connectivity index (χ4n) is 3.95. The molecule has 126 valence electrons. The molecule has 2 heterocycles. The van der Waals surface area contributed by atoms with Crippen LogP contribution in [0.1, 0.15) is 36.3 Å². The Kier molecular flexibility index (Phi) is 3.10. The summed E-state index contributed by atoms with van der Waals surface area (Å²) in [5, 5.41) is 3.42. The van der Waals surface area contributed by atoms with Crippen LogP contribution in [0.4, 0.5) is 10.1 Å². The van der Waals surface area contributed by atoms with Gasteiger partial charge in [0, 0.05) is 35.4 Å². The van der Waals surface area contributed by atoms with Crippen LogP contribution in [0, 0.1) is 5.82 Å².